The van der Waals surface area contributed by atoms with Gasteiger partial charge in [0.1, 0.15) is 18.0 Å². The Morgan fingerprint density at radius 3 is 2.64 bits per heavy atom. The van der Waals surface area contributed by atoms with Gasteiger partial charge in [-0.05, 0) is 12.1 Å². The summed E-state index contributed by atoms with van der Waals surface area (Å²) in [7, 11) is 2.98. The monoisotopic (exact) mass is 305 g/mol. The van der Waals surface area contributed by atoms with Crippen molar-refractivity contribution in [2.45, 2.75) is 6.54 Å². The minimum Gasteiger partial charge on any atom is -0.497 e. The molecule has 2 rings (SSSR count). The van der Waals surface area contributed by atoms with Crippen LogP contribution in [0, 0.1) is 0 Å². The van der Waals surface area contributed by atoms with Crippen molar-refractivity contribution in [2.75, 3.05) is 19.5 Å². The second-order valence-corrected chi connectivity index (χ2v) is 4.35. The van der Waals surface area contributed by atoms with Gasteiger partial charge in [-0.25, -0.2) is 4.79 Å². The van der Waals surface area contributed by atoms with E-state index in [9.17, 15) is 14.4 Å². The van der Waals surface area contributed by atoms with Gasteiger partial charge in [-0.15, -0.1) is 0 Å². The van der Waals surface area contributed by atoms with Crippen molar-refractivity contribution in [3.8, 4) is 11.5 Å². The number of aromatic nitrogens is 2. The molecular weight excluding hydrogens is 290 g/mol. The maximum Gasteiger partial charge on any atom is 0.328 e. The van der Waals surface area contributed by atoms with Crippen LogP contribution in [0.5, 0.6) is 11.5 Å². The summed E-state index contributed by atoms with van der Waals surface area (Å²) in [5.74, 6) is 0.570. The van der Waals surface area contributed by atoms with Gasteiger partial charge < -0.3 is 14.8 Å². The number of H-pyrrole nitrogens is 1. The summed E-state index contributed by atoms with van der Waals surface area (Å²) in [6.07, 6.45) is 1.25. The number of aromatic amines is 1. The largest absolute Gasteiger partial charge is 0.497 e. The maximum atomic E-state index is 12.0. The van der Waals surface area contributed by atoms with E-state index in [-0.39, 0.29) is 6.54 Å². The molecule has 0 spiro atoms. The van der Waals surface area contributed by atoms with Crippen LogP contribution in [-0.2, 0) is 11.3 Å². The zero-order valence-corrected chi connectivity index (χ0v) is 12.1. The van der Waals surface area contributed by atoms with Crippen molar-refractivity contribution >= 4 is 11.6 Å². The Labute approximate surface area is 125 Å². The molecule has 0 unspecified atom stereocenters. The third-order valence-corrected chi connectivity index (χ3v) is 2.89. The summed E-state index contributed by atoms with van der Waals surface area (Å²) in [5, 5.41) is 2.63. The molecule has 116 valence electrons. The summed E-state index contributed by atoms with van der Waals surface area (Å²) in [6, 6.07) is 6.12. The lowest BCUT2D eigenvalue weighted by Gasteiger charge is -2.12. The van der Waals surface area contributed by atoms with Gasteiger partial charge in [0.2, 0.25) is 5.91 Å². The second-order valence-electron chi connectivity index (χ2n) is 4.35. The Hall–Kier alpha value is -3.03. The van der Waals surface area contributed by atoms with Crippen LogP contribution in [0.15, 0.2) is 40.1 Å². The number of nitrogens with one attached hydrogen (secondary N) is 2. The lowest BCUT2D eigenvalue weighted by Crippen LogP contribution is -2.32. The quantitative estimate of drug-likeness (QED) is 0.821. The molecule has 0 aliphatic rings. The SMILES string of the molecule is COc1ccc(OC)c(NC(=O)Cn2ccc(=O)[nH]c2=O)c1. The first kappa shape index (κ1) is 15.4. The van der Waals surface area contributed by atoms with Gasteiger partial charge >= 0.3 is 5.69 Å². The number of nitrogens with zero attached hydrogens (tertiary/aromatic N) is 1. The molecular formula is C14H15N3O5. The van der Waals surface area contributed by atoms with Crippen LogP contribution in [0.1, 0.15) is 0 Å². The average Bonchev–Trinajstić information content (AvgIpc) is 2.50. The van der Waals surface area contributed by atoms with Crippen LogP contribution >= 0.6 is 0 Å². The molecule has 22 heavy (non-hydrogen) atoms. The molecule has 0 radical (unpaired) electrons. The highest BCUT2D eigenvalue weighted by Crippen LogP contribution is 2.28. The van der Waals surface area contributed by atoms with Crippen LogP contribution in [0.3, 0.4) is 0 Å². The summed E-state index contributed by atoms with van der Waals surface area (Å²) < 4.78 is 11.3. The van der Waals surface area contributed by atoms with Gasteiger partial charge in [0.25, 0.3) is 5.56 Å². The Morgan fingerprint density at radius 2 is 2.00 bits per heavy atom. The summed E-state index contributed by atoms with van der Waals surface area (Å²) in [4.78, 5) is 36.6. The highest BCUT2D eigenvalue weighted by atomic mass is 16.5. The first-order valence-electron chi connectivity index (χ1n) is 6.35. The molecule has 0 aliphatic carbocycles. The van der Waals surface area contributed by atoms with Crippen LogP contribution < -0.4 is 26.0 Å². The second kappa shape index (κ2) is 6.61. The number of carbonyl (C=O) groups excluding carboxylic acids is 1. The zero-order chi connectivity index (χ0) is 16.1. The highest BCUT2D eigenvalue weighted by Gasteiger charge is 2.10. The van der Waals surface area contributed by atoms with Crippen molar-refractivity contribution in [1.82, 2.24) is 9.55 Å². The first-order chi connectivity index (χ1) is 10.5. The molecule has 0 saturated carbocycles. The van der Waals surface area contributed by atoms with Crippen molar-refractivity contribution in [3.63, 3.8) is 0 Å². The van der Waals surface area contributed by atoms with E-state index in [1.165, 1.54) is 26.5 Å². The molecule has 0 atom stereocenters. The number of carbonyl (C=O) groups is 1. The third kappa shape index (κ3) is 3.54. The molecule has 2 N–H and O–H groups in total. The van der Waals surface area contributed by atoms with E-state index < -0.39 is 17.2 Å². The van der Waals surface area contributed by atoms with E-state index in [1.807, 2.05) is 0 Å². The van der Waals surface area contributed by atoms with Gasteiger partial charge in [-0.1, -0.05) is 0 Å². The van der Waals surface area contributed by atoms with Crippen LogP contribution in [-0.4, -0.2) is 29.7 Å². The maximum absolute atomic E-state index is 12.0. The predicted molar refractivity (Wildman–Crippen MR) is 79.5 cm³/mol. The molecule has 1 aromatic heterocycles. The van der Waals surface area contributed by atoms with Crippen LogP contribution in [0.4, 0.5) is 5.69 Å². The van der Waals surface area contributed by atoms with Crippen molar-refractivity contribution in [3.05, 3.63) is 51.3 Å². The normalized spacial score (nSPS) is 10.1. The fourth-order valence-electron chi connectivity index (χ4n) is 1.82. The van der Waals surface area contributed by atoms with E-state index in [2.05, 4.69) is 10.3 Å². The lowest BCUT2D eigenvalue weighted by atomic mass is 10.2. The van der Waals surface area contributed by atoms with E-state index in [4.69, 9.17) is 9.47 Å². The molecule has 1 amide bonds. The Bertz CT molecular complexity index is 794. The van der Waals surface area contributed by atoms with Crippen molar-refractivity contribution in [2.24, 2.45) is 0 Å². The summed E-state index contributed by atoms with van der Waals surface area (Å²) >= 11 is 0. The molecule has 1 heterocycles. The number of amides is 1. The minimum atomic E-state index is -0.653. The number of hydrogen-bond donors (Lipinski definition) is 2. The Kier molecular flexibility index (Phi) is 4.62. The van der Waals surface area contributed by atoms with Crippen LogP contribution in [0.25, 0.3) is 0 Å². The number of anilines is 1. The fraction of sp³-hybridized carbons (Fsp3) is 0.214. The van der Waals surface area contributed by atoms with Gasteiger partial charge in [0.15, 0.2) is 0 Å². The number of ether oxygens (including phenoxy) is 2. The van der Waals surface area contributed by atoms with Gasteiger partial charge in [0.05, 0.1) is 19.9 Å². The van der Waals surface area contributed by atoms with Gasteiger partial charge in [-0.2, -0.15) is 0 Å². The smallest absolute Gasteiger partial charge is 0.328 e. The first-order valence-corrected chi connectivity index (χ1v) is 6.35. The zero-order valence-electron chi connectivity index (χ0n) is 12.1. The fourth-order valence-corrected chi connectivity index (χ4v) is 1.82. The van der Waals surface area contributed by atoms with Crippen molar-refractivity contribution < 1.29 is 14.3 Å². The number of methoxy groups -OCH3 is 2. The van der Waals surface area contributed by atoms with E-state index in [0.29, 0.717) is 17.2 Å². The predicted octanol–water partition coefficient (Wildman–Crippen LogP) is 0.192. The molecule has 0 bridgehead atoms. The number of rotatable bonds is 5. The summed E-state index contributed by atoms with van der Waals surface area (Å²) in [6.45, 7) is -0.240. The molecule has 8 nitrogen and oxygen atoms in total. The number of benzene rings is 1. The molecule has 0 aliphatic heterocycles. The molecule has 8 heteroatoms. The van der Waals surface area contributed by atoms with Crippen molar-refractivity contribution in [1.29, 1.82) is 0 Å². The average molecular weight is 305 g/mol. The standard InChI is InChI=1S/C14H15N3O5/c1-21-9-3-4-11(22-2)10(7-9)15-13(19)8-17-6-5-12(18)16-14(17)20/h3-7H,8H2,1-2H3,(H,15,19)(H,16,18,20). The Morgan fingerprint density at radius 1 is 1.23 bits per heavy atom. The third-order valence-electron chi connectivity index (χ3n) is 2.89. The Balaban J connectivity index is 2.18. The molecule has 0 saturated heterocycles. The topological polar surface area (TPSA) is 102 Å². The van der Waals surface area contributed by atoms with E-state index in [0.717, 1.165) is 4.57 Å². The molecule has 0 fully saturated rings. The molecule has 1 aromatic carbocycles. The highest BCUT2D eigenvalue weighted by molar-refractivity contribution is 5.92. The van der Waals surface area contributed by atoms with Crippen LogP contribution in [0.2, 0.25) is 0 Å². The molecule has 2 aromatic rings. The minimum absolute atomic E-state index is 0.240. The van der Waals surface area contributed by atoms with Gasteiger partial charge in [-0.3, -0.25) is 19.1 Å². The number of hydrogen-bond acceptors (Lipinski definition) is 5. The lowest BCUT2D eigenvalue weighted by molar-refractivity contribution is -0.116. The van der Waals surface area contributed by atoms with E-state index >= 15 is 0 Å². The van der Waals surface area contributed by atoms with E-state index in [1.54, 1.807) is 18.2 Å². The van der Waals surface area contributed by atoms with Gasteiger partial charge in [0, 0.05) is 18.3 Å². The summed E-state index contributed by atoms with van der Waals surface area (Å²) in [5.41, 5.74) is -0.749.